The van der Waals surface area contributed by atoms with Gasteiger partial charge in [0, 0.05) is 11.6 Å². The van der Waals surface area contributed by atoms with E-state index in [1.54, 1.807) is 4.90 Å². The first-order valence-corrected chi connectivity index (χ1v) is 7.59. The van der Waals surface area contributed by atoms with E-state index in [-0.39, 0.29) is 5.41 Å². The van der Waals surface area contributed by atoms with Crippen LogP contribution in [0.25, 0.3) is 6.08 Å². The maximum Gasteiger partial charge on any atom is 0.408 e. The number of halogens is 1. The molecule has 0 saturated carbocycles. The van der Waals surface area contributed by atoms with Crippen molar-refractivity contribution in [2.75, 3.05) is 6.54 Å². The zero-order valence-corrected chi connectivity index (χ0v) is 13.5. The predicted molar refractivity (Wildman–Crippen MR) is 86.6 cm³/mol. The summed E-state index contributed by atoms with van der Waals surface area (Å²) in [6.45, 7) is 6.87. The van der Waals surface area contributed by atoms with Crippen LogP contribution >= 0.6 is 11.6 Å². The summed E-state index contributed by atoms with van der Waals surface area (Å²) in [6.07, 6.45) is 4.92. The van der Waals surface area contributed by atoms with E-state index >= 15 is 0 Å². The molecular weight excluding hydrogens is 286 g/mol. The predicted octanol–water partition coefficient (Wildman–Crippen LogP) is 4.91. The molecule has 114 valence electrons. The van der Waals surface area contributed by atoms with Gasteiger partial charge in [-0.05, 0) is 36.0 Å². The van der Waals surface area contributed by atoms with Crippen LogP contribution in [0.2, 0.25) is 5.02 Å². The van der Waals surface area contributed by atoms with Gasteiger partial charge in [0.25, 0.3) is 0 Å². The van der Waals surface area contributed by atoms with Gasteiger partial charge >= 0.3 is 6.09 Å². The summed E-state index contributed by atoms with van der Waals surface area (Å²) in [4.78, 5) is 13.2. The molecular formula is C17H22ClNO2. The second-order valence-electron chi connectivity index (χ2n) is 6.60. The highest BCUT2D eigenvalue weighted by molar-refractivity contribution is 6.30. The van der Waals surface area contributed by atoms with E-state index in [0.717, 1.165) is 18.4 Å². The van der Waals surface area contributed by atoms with Gasteiger partial charge < -0.3 is 5.11 Å². The lowest BCUT2D eigenvalue weighted by molar-refractivity contribution is 0.0646. The average Bonchev–Trinajstić information content (AvgIpc) is 2.81. The van der Waals surface area contributed by atoms with Gasteiger partial charge in [0.2, 0.25) is 0 Å². The van der Waals surface area contributed by atoms with E-state index in [9.17, 15) is 9.90 Å². The van der Waals surface area contributed by atoms with E-state index in [1.807, 2.05) is 36.4 Å². The molecule has 1 aliphatic heterocycles. The molecule has 1 aromatic rings. The zero-order valence-electron chi connectivity index (χ0n) is 12.8. The van der Waals surface area contributed by atoms with Gasteiger partial charge in [-0.1, -0.05) is 56.7 Å². The third-order valence-electron chi connectivity index (χ3n) is 4.35. The highest BCUT2D eigenvalue weighted by Gasteiger charge is 2.49. The molecule has 1 saturated heterocycles. The van der Waals surface area contributed by atoms with Crippen molar-refractivity contribution < 1.29 is 9.90 Å². The summed E-state index contributed by atoms with van der Waals surface area (Å²) < 4.78 is 0. The summed E-state index contributed by atoms with van der Waals surface area (Å²) in [5.41, 5.74) is 0.348. The highest BCUT2D eigenvalue weighted by Crippen LogP contribution is 2.45. The van der Waals surface area contributed by atoms with Crippen molar-refractivity contribution in [3.8, 4) is 0 Å². The van der Waals surface area contributed by atoms with E-state index in [2.05, 4.69) is 20.8 Å². The largest absolute Gasteiger partial charge is 0.465 e. The minimum Gasteiger partial charge on any atom is -0.465 e. The monoisotopic (exact) mass is 307 g/mol. The first-order chi connectivity index (χ1) is 9.76. The minimum atomic E-state index is -0.849. The van der Waals surface area contributed by atoms with E-state index in [0.29, 0.717) is 11.6 Å². The average molecular weight is 308 g/mol. The third kappa shape index (κ3) is 3.08. The summed E-state index contributed by atoms with van der Waals surface area (Å²) in [7, 11) is 0. The Morgan fingerprint density at radius 3 is 2.71 bits per heavy atom. The van der Waals surface area contributed by atoms with Crippen molar-refractivity contribution in [2.24, 2.45) is 5.41 Å². The van der Waals surface area contributed by atoms with Gasteiger partial charge in [-0.3, -0.25) is 4.90 Å². The number of benzene rings is 1. The fourth-order valence-electron chi connectivity index (χ4n) is 3.15. The molecule has 0 spiro atoms. The van der Waals surface area contributed by atoms with Gasteiger partial charge in [0.1, 0.15) is 0 Å². The zero-order chi connectivity index (χ0) is 15.7. The number of amides is 1. The molecule has 1 amide bonds. The van der Waals surface area contributed by atoms with Crippen LogP contribution in [-0.4, -0.2) is 28.2 Å². The van der Waals surface area contributed by atoms with E-state index in [1.165, 1.54) is 0 Å². The number of hydrogen-bond donors (Lipinski definition) is 1. The molecule has 1 aliphatic rings. The maximum absolute atomic E-state index is 11.6. The van der Waals surface area contributed by atoms with Crippen LogP contribution in [-0.2, 0) is 0 Å². The maximum atomic E-state index is 11.6. The molecule has 1 atom stereocenters. The van der Waals surface area contributed by atoms with Crippen LogP contribution < -0.4 is 0 Å². The van der Waals surface area contributed by atoms with Gasteiger partial charge in [0.05, 0.1) is 5.54 Å². The van der Waals surface area contributed by atoms with Crippen LogP contribution in [0, 0.1) is 5.41 Å². The van der Waals surface area contributed by atoms with Gasteiger partial charge in [-0.2, -0.15) is 0 Å². The number of rotatable bonds is 2. The van der Waals surface area contributed by atoms with Crippen molar-refractivity contribution in [1.29, 1.82) is 0 Å². The van der Waals surface area contributed by atoms with Crippen molar-refractivity contribution in [3.63, 3.8) is 0 Å². The lowest BCUT2D eigenvalue weighted by Gasteiger charge is -2.45. The summed E-state index contributed by atoms with van der Waals surface area (Å²) in [5, 5.41) is 10.2. The van der Waals surface area contributed by atoms with E-state index < -0.39 is 11.6 Å². The standard InChI is InChI=1S/C17H22ClNO2/c1-16(2,3)17(9-5-11-19(17)15(20)21)10-8-13-6-4-7-14(18)12-13/h4,6-8,10,12H,5,9,11H2,1-3H3,(H,20,21)/t17-/m1/s1. The Kier molecular flexibility index (Phi) is 4.33. The topological polar surface area (TPSA) is 40.5 Å². The molecule has 1 fully saturated rings. The third-order valence-corrected chi connectivity index (χ3v) is 4.59. The molecule has 1 heterocycles. The van der Waals surface area contributed by atoms with Crippen LogP contribution in [0.1, 0.15) is 39.2 Å². The fourth-order valence-corrected chi connectivity index (χ4v) is 3.35. The summed E-state index contributed by atoms with van der Waals surface area (Å²) >= 11 is 6.01. The molecule has 1 N–H and O–H groups in total. The lowest BCUT2D eigenvalue weighted by atomic mass is 9.71. The van der Waals surface area contributed by atoms with E-state index in [4.69, 9.17) is 11.6 Å². The molecule has 3 nitrogen and oxygen atoms in total. The first-order valence-electron chi connectivity index (χ1n) is 7.22. The number of likely N-dealkylation sites (tertiary alicyclic amines) is 1. The molecule has 4 heteroatoms. The van der Waals surface area contributed by atoms with Crippen molar-refractivity contribution in [3.05, 3.63) is 40.9 Å². The van der Waals surface area contributed by atoms with Crippen LogP contribution in [0.5, 0.6) is 0 Å². The minimum absolute atomic E-state index is 0.170. The second-order valence-corrected chi connectivity index (χ2v) is 7.04. The molecule has 1 aromatic carbocycles. The van der Waals surface area contributed by atoms with Crippen LogP contribution in [0.3, 0.4) is 0 Å². The Balaban J connectivity index is 2.40. The number of nitrogens with zero attached hydrogens (tertiary/aromatic N) is 1. The summed E-state index contributed by atoms with van der Waals surface area (Å²) in [6, 6.07) is 7.58. The Morgan fingerprint density at radius 2 is 2.14 bits per heavy atom. The Labute approximate surface area is 131 Å². The molecule has 0 aromatic heterocycles. The summed E-state index contributed by atoms with van der Waals surface area (Å²) in [5.74, 6) is 0. The Hall–Kier alpha value is -1.48. The van der Waals surface area contributed by atoms with Gasteiger partial charge in [0.15, 0.2) is 0 Å². The van der Waals surface area contributed by atoms with Crippen molar-refractivity contribution in [2.45, 2.75) is 39.2 Å². The highest BCUT2D eigenvalue weighted by atomic mass is 35.5. The molecule has 0 unspecified atom stereocenters. The molecule has 0 bridgehead atoms. The van der Waals surface area contributed by atoms with Crippen molar-refractivity contribution >= 4 is 23.8 Å². The molecule has 0 radical (unpaired) electrons. The Bertz CT molecular complexity index is 562. The second kappa shape index (κ2) is 5.72. The Morgan fingerprint density at radius 1 is 1.43 bits per heavy atom. The molecule has 21 heavy (non-hydrogen) atoms. The fraction of sp³-hybridized carbons (Fsp3) is 0.471. The molecule has 0 aliphatic carbocycles. The van der Waals surface area contributed by atoms with Crippen molar-refractivity contribution in [1.82, 2.24) is 4.90 Å². The van der Waals surface area contributed by atoms with Gasteiger partial charge in [-0.25, -0.2) is 4.79 Å². The molecule has 2 rings (SSSR count). The van der Waals surface area contributed by atoms with Gasteiger partial charge in [-0.15, -0.1) is 0 Å². The normalized spacial score (nSPS) is 23.0. The quantitative estimate of drug-likeness (QED) is 0.843. The smallest absolute Gasteiger partial charge is 0.408 e. The van der Waals surface area contributed by atoms with Crippen LogP contribution in [0.15, 0.2) is 30.3 Å². The number of hydrogen-bond acceptors (Lipinski definition) is 1. The SMILES string of the molecule is CC(C)(C)[C@]1(C=Cc2cccc(Cl)c2)CCCN1C(=O)O. The number of carboxylic acid groups (broad SMARTS) is 1. The number of carbonyl (C=O) groups is 1. The lowest BCUT2D eigenvalue weighted by Crippen LogP contribution is -2.53. The first kappa shape index (κ1) is 15.9. The van der Waals surface area contributed by atoms with Crippen LogP contribution in [0.4, 0.5) is 4.79 Å².